The van der Waals surface area contributed by atoms with Gasteiger partial charge in [-0.2, -0.15) is 0 Å². The molecule has 4 aromatic rings. The summed E-state index contributed by atoms with van der Waals surface area (Å²) < 4.78 is 0. The Balaban J connectivity index is 1.84. The van der Waals surface area contributed by atoms with Gasteiger partial charge in [-0.05, 0) is 36.2 Å². The summed E-state index contributed by atoms with van der Waals surface area (Å²) in [5, 5.41) is 19.4. The molecule has 0 amide bonds. The van der Waals surface area contributed by atoms with E-state index in [0.29, 0.717) is 23.0 Å². The summed E-state index contributed by atoms with van der Waals surface area (Å²) in [6.45, 7) is 0.558. The van der Waals surface area contributed by atoms with Gasteiger partial charge in [0.25, 0.3) is 0 Å². The number of hydrogen-bond acceptors (Lipinski definition) is 4. The number of thiazole rings is 1. The van der Waals surface area contributed by atoms with Crippen molar-refractivity contribution in [3.05, 3.63) is 51.5 Å². The molecule has 2 aromatic carbocycles. The summed E-state index contributed by atoms with van der Waals surface area (Å²) in [6.07, 6.45) is 2.45. The summed E-state index contributed by atoms with van der Waals surface area (Å²) in [4.78, 5) is 7.73. The molecule has 0 aliphatic rings. The molecule has 0 saturated heterocycles. The fourth-order valence-electron chi connectivity index (χ4n) is 3.08. The highest BCUT2D eigenvalue weighted by Gasteiger charge is 2.13. The monoisotopic (exact) mass is 418 g/mol. The lowest BCUT2D eigenvalue weighted by atomic mass is 10.0. The molecule has 0 unspecified atom stereocenters. The Morgan fingerprint density at radius 3 is 2.74 bits per heavy atom. The molecule has 4 rings (SSSR count). The average molecular weight is 419 g/mol. The van der Waals surface area contributed by atoms with Crippen LogP contribution in [0.4, 0.5) is 10.8 Å². The van der Waals surface area contributed by atoms with Crippen molar-refractivity contribution >= 4 is 73.1 Å². The molecule has 27 heavy (non-hydrogen) atoms. The van der Waals surface area contributed by atoms with Crippen molar-refractivity contribution in [2.24, 2.45) is 5.73 Å². The summed E-state index contributed by atoms with van der Waals surface area (Å²) in [7, 11) is 0. The van der Waals surface area contributed by atoms with Gasteiger partial charge in [-0.3, -0.25) is 5.41 Å². The van der Waals surface area contributed by atoms with E-state index < -0.39 is 0 Å². The second kappa shape index (κ2) is 7.26. The second-order valence-corrected chi connectivity index (χ2v) is 7.76. The number of benzene rings is 2. The number of fused-ring (bicyclic) bond motifs is 3. The molecule has 0 radical (unpaired) electrons. The number of H-pyrrole nitrogens is 1. The molecule has 0 aliphatic heterocycles. The maximum absolute atomic E-state index is 7.34. The lowest BCUT2D eigenvalue weighted by molar-refractivity contribution is 0.857. The molecule has 0 bridgehead atoms. The normalized spacial score (nSPS) is 11.2. The largest absolute Gasteiger partial charge is 0.370 e. The quantitative estimate of drug-likeness (QED) is 0.236. The lowest BCUT2D eigenvalue weighted by Gasteiger charge is -2.09. The Hall–Kier alpha value is -2.48. The van der Waals surface area contributed by atoms with Crippen LogP contribution in [0.1, 0.15) is 5.56 Å². The smallest absolute Gasteiger partial charge is 0.187 e. The van der Waals surface area contributed by atoms with Crippen LogP contribution >= 0.6 is 34.5 Å². The molecule has 0 aliphatic carbocycles. The van der Waals surface area contributed by atoms with Gasteiger partial charge in [-0.25, -0.2) is 4.98 Å². The van der Waals surface area contributed by atoms with Crippen LogP contribution in [-0.4, -0.2) is 22.5 Å². The Bertz CT molecular complexity index is 1140. The number of nitrogens with one attached hydrogen (secondary N) is 4. The Labute approximate surface area is 169 Å². The maximum Gasteiger partial charge on any atom is 0.187 e. The van der Waals surface area contributed by atoms with Gasteiger partial charge >= 0.3 is 0 Å². The van der Waals surface area contributed by atoms with Gasteiger partial charge in [0.05, 0.1) is 10.0 Å². The van der Waals surface area contributed by atoms with Crippen LogP contribution in [-0.2, 0) is 6.42 Å². The van der Waals surface area contributed by atoms with Crippen molar-refractivity contribution in [2.45, 2.75) is 6.42 Å². The number of nitrogens with zero attached hydrogens (tertiary/aromatic N) is 1. The molecule has 0 spiro atoms. The molecule has 2 aromatic heterocycles. The van der Waals surface area contributed by atoms with Crippen LogP contribution < -0.4 is 16.4 Å². The van der Waals surface area contributed by atoms with Crippen molar-refractivity contribution < 1.29 is 0 Å². The highest BCUT2D eigenvalue weighted by Crippen LogP contribution is 2.36. The number of rotatable bonds is 5. The van der Waals surface area contributed by atoms with Gasteiger partial charge in [0.15, 0.2) is 11.1 Å². The molecule has 2 heterocycles. The molecular weight excluding hydrogens is 403 g/mol. The van der Waals surface area contributed by atoms with Crippen LogP contribution in [0.2, 0.25) is 10.0 Å². The van der Waals surface area contributed by atoms with Crippen LogP contribution in [0.15, 0.2) is 35.8 Å². The van der Waals surface area contributed by atoms with E-state index in [0.717, 1.165) is 38.2 Å². The summed E-state index contributed by atoms with van der Waals surface area (Å²) in [6, 6.07) is 7.86. The fourth-order valence-corrected chi connectivity index (χ4v) is 3.96. The SMILES string of the molecule is N=C(N)NCCc1cc(Nc2nccs2)cc2c1[nH]c1cc(Cl)c(Cl)cc12. The fraction of sp³-hybridized carbons (Fsp3) is 0.111. The van der Waals surface area contributed by atoms with Crippen LogP contribution in [0.3, 0.4) is 0 Å². The Morgan fingerprint density at radius 2 is 2.00 bits per heavy atom. The third-order valence-electron chi connectivity index (χ3n) is 4.22. The van der Waals surface area contributed by atoms with E-state index in [1.807, 2.05) is 17.5 Å². The van der Waals surface area contributed by atoms with E-state index in [9.17, 15) is 0 Å². The van der Waals surface area contributed by atoms with Gasteiger partial charge < -0.3 is 21.4 Å². The topological polar surface area (TPSA) is 103 Å². The highest BCUT2D eigenvalue weighted by molar-refractivity contribution is 7.13. The van der Waals surface area contributed by atoms with Gasteiger partial charge in [0.2, 0.25) is 0 Å². The maximum atomic E-state index is 7.34. The van der Waals surface area contributed by atoms with Crippen molar-refractivity contribution in [1.29, 1.82) is 5.41 Å². The van der Waals surface area contributed by atoms with E-state index in [1.54, 1.807) is 6.20 Å². The van der Waals surface area contributed by atoms with E-state index in [4.69, 9.17) is 34.3 Å². The van der Waals surface area contributed by atoms with Gasteiger partial charge in [0.1, 0.15) is 0 Å². The molecule has 138 valence electrons. The van der Waals surface area contributed by atoms with E-state index in [2.05, 4.69) is 32.7 Å². The van der Waals surface area contributed by atoms with Crippen LogP contribution in [0.25, 0.3) is 21.8 Å². The van der Waals surface area contributed by atoms with Gasteiger partial charge in [-0.15, -0.1) is 11.3 Å². The van der Waals surface area contributed by atoms with E-state index in [-0.39, 0.29) is 5.96 Å². The first-order valence-corrected chi connectivity index (χ1v) is 9.82. The van der Waals surface area contributed by atoms with E-state index in [1.165, 1.54) is 11.3 Å². The zero-order valence-electron chi connectivity index (χ0n) is 14.1. The second-order valence-electron chi connectivity index (χ2n) is 6.05. The number of aromatic amines is 1. The molecule has 6 nitrogen and oxygen atoms in total. The number of aromatic nitrogens is 2. The third-order valence-corrected chi connectivity index (χ3v) is 5.63. The molecule has 0 fully saturated rings. The first-order chi connectivity index (χ1) is 13.0. The van der Waals surface area contributed by atoms with Gasteiger partial charge in [-0.1, -0.05) is 23.2 Å². The zero-order chi connectivity index (χ0) is 19.0. The summed E-state index contributed by atoms with van der Waals surface area (Å²) in [5.41, 5.74) is 9.35. The molecule has 0 saturated carbocycles. The standard InChI is InChI=1S/C18H16Cl2N6S/c19-13-7-11-12-6-10(25-18-24-3-4-27-18)5-9(1-2-23-17(21)22)16(12)26-15(11)8-14(13)20/h3-8,26H,1-2H2,(H,24,25)(H4,21,22,23). The van der Waals surface area contributed by atoms with Crippen molar-refractivity contribution in [3.63, 3.8) is 0 Å². The summed E-state index contributed by atoms with van der Waals surface area (Å²) in [5.74, 6) is -0.0430. The molecular formula is C18H16Cl2N6S. The average Bonchev–Trinajstić information content (AvgIpc) is 3.23. The van der Waals surface area contributed by atoms with E-state index >= 15 is 0 Å². The minimum Gasteiger partial charge on any atom is -0.370 e. The molecule has 0 atom stereocenters. The molecule has 9 heteroatoms. The first kappa shape index (κ1) is 17.9. The predicted molar refractivity (Wildman–Crippen MR) is 115 cm³/mol. The number of halogens is 2. The minimum absolute atomic E-state index is 0.0430. The van der Waals surface area contributed by atoms with Crippen molar-refractivity contribution in [3.8, 4) is 0 Å². The molecule has 6 N–H and O–H groups in total. The Morgan fingerprint density at radius 1 is 1.19 bits per heavy atom. The summed E-state index contributed by atoms with van der Waals surface area (Å²) >= 11 is 14.0. The van der Waals surface area contributed by atoms with Crippen molar-refractivity contribution in [2.75, 3.05) is 11.9 Å². The number of anilines is 2. The highest BCUT2D eigenvalue weighted by atomic mass is 35.5. The van der Waals surface area contributed by atoms with Gasteiger partial charge in [0, 0.05) is 45.6 Å². The van der Waals surface area contributed by atoms with Crippen LogP contribution in [0, 0.1) is 5.41 Å². The van der Waals surface area contributed by atoms with Crippen LogP contribution in [0.5, 0.6) is 0 Å². The number of hydrogen-bond donors (Lipinski definition) is 5. The number of nitrogens with two attached hydrogens (primary N) is 1. The third kappa shape index (κ3) is 3.66. The predicted octanol–water partition coefficient (Wildman–Crippen LogP) is 4.85. The zero-order valence-corrected chi connectivity index (χ0v) is 16.4. The first-order valence-electron chi connectivity index (χ1n) is 8.19. The minimum atomic E-state index is -0.0430. The van der Waals surface area contributed by atoms with Crippen molar-refractivity contribution in [1.82, 2.24) is 15.3 Å². The lowest BCUT2D eigenvalue weighted by Crippen LogP contribution is -2.31. The Kier molecular flexibility index (Phi) is 4.82. The number of guanidine groups is 1.